The molecule has 0 unspecified atom stereocenters. The van der Waals surface area contributed by atoms with Crippen LogP contribution in [0.3, 0.4) is 0 Å². The van der Waals surface area contributed by atoms with Crippen molar-refractivity contribution in [2.24, 2.45) is 0 Å². The molecule has 310 valence electrons. The molecule has 61 heavy (non-hydrogen) atoms. The van der Waals surface area contributed by atoms with E-state index in [0.717, 1.165) is 60.4 Å². The molecule has 2 aromatic carbocycles. The second-order valence-electron chi connectivity index (χ2n) is 13.9. The zero-order chi connectivity index (χ0) is 41.8. The van der Waals surface area contributed by atoms with Crippen LogP contribution >= 0.6 is 45.3 Å². The van der Waals surface area contributed by atoms with E-state index in [0.29, 0.717) is 70.7 Å². The Kier molecular flexibility index (Phi) is 10.2. The van der Waals surface area contributed by atoms with E-state index >= 15 is 0 Å². The van der Waals surface area contributed by atoms with Crippen LogP contribution in [0, 0.1) is 11.3 Å². The lowest BCUT2D eigenvalue weighted by Crippen LogP contribution is -2.33. The molecular formula is C43H33N3O11S4. The molecule has 4 aromatic heterocycles. The predicted molar refractivity (Wildman–Crippen MR) is 231 cm³/mol. The number of hydrogen-bond acceptors (Lipinski definition) is 16. The summed E-state index contributed by atoms with van der Waals surface area (Å²) in [6.07, 6.45) is 3.40. The summed E-state index contributed by atoms with van der Waals surface area (Å²) in [6.45, 7) is 4.59. The van der Waals surface area contributed by atoms with Crippen LogP contribution in [-0.4, -0.2) is 68.3 Å². The molecule has 0 saturated heterocycles. The van der Waals surface area contributed by atoms with Crippen LogP contribution in [0.1, 0.15) is 22.9 Å². The number of fused-ring (bicyclic) bond motifs is 5. The minimum atomic E-state index is -1.52. The van der Waals surface area contributed by atoms with Gasteiger partial charge in [0.1, 0.15) is 50.4 Å². The number of thiophene rings is 3. The molecule has 1 N–H and O–H groups in total. The molecule has 0 atom stereocenters. The molecule has 0 spiro atoms. The Hall–Kier alpha value is -6.26. The number of aryl methyl sites for hydroxylation is 2. The van der Waals surface area contributed by atoms with Crippen LogP contribution in [0.4, 0.5) is 11.4 Å². The quantitative estimate of drug-likeness (QED) is 0.159. The molecule has 0 aliphatic carbocycles. The van der Waals surface area contributed by atoms with Crippen molar-refractivity contribution in [2.75, 3.05) is 51.1 Å². The third kappa shape index (κ3) is 6.59. The number of carbonyl (C=O) groups excluding carboxylic acids is 1. The lowest BCUT2D eigenvalue weighted by atomic mass is 10.0. The topological polar surface area (TPSA) is 168 Å². The Labute approximate surface area is 362 Å². The summed E-state index contributed by atoms with van der Waals surface area (Å²) >= 11 is 5.15. The number of aromatic nitrogens is 1. The number of carbonyl (C=O) groups is 2. The Bertz CT molecular complexity index is 3000. The molecule has 14 nitrogen and oxygen atoms in total. The number of para-hydroxylation sites is 1. The Balaban J connectivity index is 1.10. The standard InChI is InChI=1S/C43H33N3O11S4/c1-2-45-26-6-4-3-5-22(26)7-8-23-17-24(9-10-27(23)45)36-32-33(55-14-13-54-32)39(60-36)40-35-34(56-15-16-57-35)38(61-40)37-31-30(52-11-12-53-31)28(58-37)18-29-41(48)46(20-51-21-47)42(59-29)25(19-44)43(49)50/h3-6,9-10,17-18,21H,2,7-8,11-16,20H2,1H3,(H,49,50). The second-order valence-corrected chi connectivity index (χ2v) is 18.1. The Morgan fingerprint density at radius 3 is 1.95 bits per heavy atom. The van der Waals surface area contributed by atoms with Gasteiger partial charge in [-0.2, -0.15) is 5.26 Å². The largest absolute Gasteiger partial charge is 0.485 e. The van der Waals surface area contributed by atoms with Gasteiger partial charge in [0, 0.05) is 17.9 Å². The number of nitriles is 1. The highest BCUT2D eigenvalue weighted by Crippen LogP contribution is 2.64. The van der Waals surface area contributed by atoms with Gasteiger partial charge in [0.05, 0.1) is 33.8 Å². The average molecular weight is 896 g/mol. The van der Waals surface area contributed by atoms with E-state index in [1.807, 2.05) is 0 Å². The van der Waals surface area contributed by atoms with Crippen molar-refractivity contribution in [3.8, 4) is 70.5 Å². The van der Waals surface area contributed by atoms with Gasteiger partial charge in [-0.05, 0) is 60.7 Å². The number of thiazole rings is 1. The number of rotatable bonds is 9. The molecule has 4 aliphatic heterocycles. The molecule has 0 radical (unpaired) electrons. The van der Waals surface area contributed by atoms with Gasteiger partial charge in [-0.25, -0.2) is 4.79 Å². The first-order chi connectivity index (χ1) is 29.9. The number of benzene rings is 2. The number of anilines is 2. The number of nitrogens with zero attached hydrogens (tertiary/aromatic N) is 3. The van der Waals surface area contributed by atoms with Crippen molar-refractivity contribution in [1.82, 2.24) is 4.57 Å². The van der Waals surface area contributed by atoms with E-state index in [2.05, 4.69) is 54.3 Å². The zero-order valence-electron chi connectivity index (χ0n) is 32.3. The summed E-state index contributed by atoms with van der Waals surface area (Å²) < 4.78 is 43.6. The maximum atomic E-state index is 13.6. The third-order valence-electron chi connectivity index (χ3n) is 10.5. The molecule has 18 heteroatoms. The van der Waals surface area contributed by atoms with Crippen LogP contribution < -0.4 is 48.1 Å². The SMILES string of the molecule is CCN1c2ccccc2CCc2cc(-c3sc(-c4sc(-c5sc(C=c6sc(=C(C#N)C(=O)O)n(COC=O)c6=O)c6c5OCCO6)c5c4OCCO5)c4c3OCCO4)ccc21. The summed E-state index contributed by atoms with van der Waals surface area (Å²) in [5.74, 6) is 1.80. The molecule has 0 saturated carbocycles. The summed E-state index contributed by atoms with van der Waals surface area (Å²) in [6, 6.07) is 16.9. The molecule has 6 aromatic rings. The second kappa shape index (κ2) is 16.0. The van der Waals surface area contributed by atoms with Crippen molar-refractivity contribution in [3.63, 3.8) is 0 Å². The predicted octanol–water partition coefficient (Wildman–Crippen LogP) is 6.38. The monoisotopic (exact) mass is 895 g/mol. The molecule has 4 aliphatic rings. The first-order valence-corrected chi connectivity index (χ1v) is 22.6. The van der Waals surface area contributed by atoms with Crippen LogP contribution in [0.5, 0.6) is 34.5 Å². The maximum Gasteiger partial charge on any atom is 0.349 e. The fraction of sp³-hybridized carbons (Fsp3) is 0.256. The van der Waals surface area contributed by atoms with E-state index in [-0.39, 0.29) is 28.9 Å². The first kappa shape index (κ1) is 38.9. The number of aliphatic carboxylic acids is 1. The summed E-state index contributed by atoms with van der Waals surface area (Å²) in [5, 5.41) is 19.3. The fourth-order valence-corrected chi connectivity index (χ4v) is 12.8. The van der Waals surface area contributed by atoms with Crippen molar-refractivity contribution in [1.29, 1.82) is 5.26 Å². The lowest BCUT2D eigenvalue weighted by Gasteiger charge is -2.25. The van der Waals surface area contributed by atoms with Crippen molar-refractivity contribution >= 4 is 80.8 Å². The summed E-state index contributed by atoms with van der Waals surface area (Å²) in [7, 11) is 0. The van der Waals surface area contributed by atoms with Gasteiger partial charge in [-0.1, -0.05) is 24.3 Å². The van der Waals surface area contributed by atoms with Gasteiger partial charge in [0.2, 0.25) is 0 Å². The van der Waals surface area contributed by atoms with Gasteiger partial charge in [0.25, 0.3) is 12.0 Å². The fourth-order valence-electron chi connectivity index (χ4n) is 7.91. The average Bonchev–Trinajstić information content (AvgIpc) is 4.01. The van der Waals surface area contributed by atoms with Crippen molar-refractivity contribution in [3.05, 3.63) is 78.0 Å². The number of carboxylic acid groups (broad SMARTS) is 1. The zero-order valence-corrected chi connectivity index (χ0v) is 35.5. The van der Waals surface area contributed by atoms with Crippen LogP contribution in [0.25, 0.3) is 41.6 Å². The molecule has 0 amide bonds. The third-order valence-corrected chi connectivity index (χ3v) is 15.4. The number of hydrogen-bond donors (Lipinski definition) is 1. The molecular weight excluding hydrogens is 863 g/mol. The van der Waals surface area contributed by atoms with E-state index < -0.39 is 23.8 Å². The van der Waals surface area contributed by atoms with Crippen LogP contribution in [-0.2, 0) is 33.9 Å². The highest BCUT2D eigenvalue weighted by Gasteiger charge is 2.36. The van der Waals surface area contributed by atoms with Gasteiger partial charge in [0.15, 0.2) is 46.8 Å². The normalized spacial score (nSPS) is 15.6. The van der Waals surface area contributed by atoms with Crippen LogP contribution in [0.2, 0.25) is 0 Å². The van der Waals surface area contributed by atoms with Crippen LogP contribution in [0.15, 0.2) is 47.3 Å². The van der Waals surface area contributed by atoms with Gasteiger partial charge >= 0.3 is 5.97 Å². The van der Waals surface area contributed by atoms with Gasteiger partial charge < -0.3 is 43.2 Å². The minimum absolute atomic E-state index is 0.0939. The highest BCUT2D eigenvalue weighted by atomic mass is 32.1. The van der Waals surface area contributed by atoms with Gasteiger partial charge in [-0.15, -0.1) is 45.3 Å². The van der Waals surface area contributed by atoms with E-state index in [4.69, 9.17) is 33.2 Å². The van der Waals surface area contributed by atoms with E-state index in [9.17, 15) is 24.8 Å². The Morgan fingerprint density at radius 1 is 0.770 bits per heavy atom. The summed E-state index contributed by atoms with van der Waals surface area (Å²) in [5.41, 5.74) is 4.77. The summed E-state index contributed by atoms with van der Waals surface area (Å²) in [4.78, 5) is 43.5. The molecule has 0 bridgehead atoms. The van der Waals surface area contributed by atoms with Crippen molar-refractivity contribution in [2.45, 2.75) is 26.5 Å². The number of carboxylic acids is 1. The van der Waals surface area contributed by atoms with Gasteiger partial charge in [-0.3, -0.25) is 14.2 Å². The van der Waals surface area contributed by atoms with E-state index in [1.165, 1.54) is 45.2 Å². The first-order valence-electron chi connectivity index (χ1n) is 19.3. The maximum absolute atomic E-state index is 13.6. The smallest absolute Gasteiger partial charge is 0.349 e. The lowest BCUT2D eigenvalue weighted by molar-refractivity contribution is -0.132. The number of ether oxygens (including phenoxy) is 7. The molecule has 10 rings (SSSR count). The minimum Gasteiger partial charge on any atom is -0.485 e. The van der Waals surface area contributed by atoms with Crippen molar-refractivity contribution < 1.29 is 47.9 Å². The Morgan fingerprint density at radius 2 is 1.33 bits per heavy atom. The molecule has 8 heterocycles. The highest BCUT2D eigenvalue weighted by molar-refractivity contribution is 7.28. The molecule has 0 fully saturated rings. The van der Waals surface area contributed by atoms with E-state index in [1.54, 1.807) is 23.5 Å².